The summed E-state index contributed by atoms with van der Waals surface area (Å²) in [4.78, 5) is 23.5. The summed E-state index contributed by atoms with van der Waals surface area (Å²) in [6.45, 7) is 0. The number of amides is 2. The van der Waals surface area contributed by atoms with Gasteiger partial charge >= 0.3 is 0 Å². The molecule has 0 saturated heterocycles. The van der Waals surface area contributed by atoms with E-state index in [9.17, 15) is 14.0 Å². The summed E-state index contributed by atoms with van der Waals surface area (Å²) >= 11 is 0. The highest BCUT2D eigenvalue weighted by molar-refractivity contribution is 5.93. The molecule has 0 unspecified atom stereocenters. The number of hydrogen-bond donors (Lipinski definition) is 2. The van der Waals surface area contributed by atoms with Crippen molar-refractivity contribution in [2.24, 2.45) is 5.10 Å². The van der Waals surface area contributed by atoms with Crippen molar-refractivity contribution in [3.05, 3.63) is 53.8 Å². The van der Waals surface area contributed by atoms with Gasteiger partial charge in [-0.25, -0.2) is 9.82 Å². The molecular weight excluding hydrogens is 353 g/mol. The molecule has 2 amide bonds. The number of hydrazone groups is 1. The van der Waals surface area contributed by atoms with E-state index in [0.29, 0.717) is 22.7 Å². The molecule has 2 N–H and O–H groups in total. The van der Waals surface area contributed by atoms with Gasteiger partial charge in [0, 0.05) is 18.5 Å². The van der Waals surface area contributed by atoms with Gasteiger partial charge < -0.3 is 14.8 Å². The van der Waals surface area contributed by atoms with Crippen molar-refractivity contribution >= 4 is 23.7 Å². The molecule has 0 saturated carbocycles. The molecule has 142 valence electrons. The summed E-state index contributed by atoms with van der Waals surface area (Å²) in [5.74, 6) is -0.00239. The number of halogens is 1. The van der Waals surface area contributed by atoms with Crippen LogP contribution in [0.3, 0.4) is 0 Å². The van der Waals surface area contributed by atoms with Crippen LogP contribution >= 0.6 is 0 Å². The fourth-order valence-corrected chi connectivity index (χ4v) is 2.15. The summed E-state index contributed by atoms with van der Waals surface area (Å²) in [5, 5.41) is 6.43. The second-order valence-corrected chi connectivity index (χ2v) is 5.46. The lowest BCUT2D eigenvalue weighted by molar-refractivity contribution is -0.124. The zero-order valence-electron chi connectivity index (χ0n) is 15.0. The van der Waals surface area contributed by atoms with Crippen LogP contribution in [0.5, 0.6) is 11.5 Å². The van der Waals surface area contributed by atoms with Crippen LogP contribution in [0.15, 0.2) is 47.6 Å². The molecule has 0 atom stereocenters. The maximum absolute atomic E-state index is 12.8. The number of rotatable bonds is 8. The molecular formula is C19H20FN3O4. The first-order valence-corrected chi connectivity index (χ1v) is 8.11. The highest BCUT2D eigenvalue weighted by Crippen LogP contribution is 2.26. The molecule has 2 rings (SSSR count). The van der Waals surface area contributed by atoms with Crippen molar-refractivity contribution in [1.82, 2.24) is 5.43 Å². The number of carbonyl (C=O) groups is 2. The van der Waals surface area contributed by atoms with E-state index in [4.69, 9.17) is 9.47 Å². The fourth-order valence-electron chi connectivity index (χ4n) is 2.15. The maximum atomic E-state index is 12.8. The Labute approximate surface area is 156 Å². The predicted molar refractivity (Wildman–Crippen MR) is 99.5 cm³/mol. The molecule has 2 aromatic carbocycles. The summed E-state index contributed by atoms with van der Waals surface area (Å²) in [6.07, 6.45) is 1.41. The second kappa shape index (κ2) is 9.91. The van der Waals surface area contributed by atoms with Crippen molar-refractivity contribution < 1.29 is 23.5 Å². The molecule has 7 nitrogen and oxygen atoms in total. The van der Waals surface area contributed by atoms with Crippen LogP contribution in [0.4, 0.5) is 10.1 Å². The number of methoxy groups -OCH3 is 2. The van der Waals surface area contributed by atoms with Gasteiger partial charge in [0.15, 0.2) is 11.5 Å². The van der Waals surface area contributed by atoms with Crippen LogP contribution in [0.1, 0.15) is 18.4 Å². The molecule has 0 heterocycles. The fraction of sp³-hybridized carbons (Fsp3) is 0.211. The Morgan fingerprint density at radius 3 is 2.33 bits per heavy atom. The minimum atomic E-state index is -0.402. The standard InChI is InChI=1S/C19H20FN3O4/c1-26-16-8-3-13(11-17(16)27-2)12-21-23-19(25)10-9-18(24)22-15-6-4-14(20)5-7-15/h3-8,11-12H,9-10H2,1-2H3,(H,22,24)(H,23,25)/b21-12+. The van der Waals surface area contributed by atoms with Crippen LogP contribution in [0.25, 0.3) is 0 Å². The normalized spacial score (nSPS) is 10.5. The highest BCUT2D eigenvalue weighted by Gasteiger charge is 2.07. The Morgan fingerprint density at radius 1 is 1.00 bits per heavy atom. The number of benzene rings is 2. The van der Waals surface area contributed by atoms with Gasteiger partial charge in [-0.15, -0.1) is 0 Å². The van der Waals surface area contributed by atoms with Crippen LogP contribution in [0, 0.1) is 5.82 Å². The molecule has 0 aromatic heterocycles. The third-order valence-electron chi connectivity index (χ3n) is 3.52. The van der Waals surface area contributed by atoms with E-state index in [1.807, 2.05) is 0 Å². The van der Waals surface area contributed by atoms with Crippen molar-refractivity contribution in [3.63, 3.8) is 0 Å². The lowest BCUT2D eigenvalue weighted by Crippen LogP contribution is -2.20. The van der Waals surface area contributed by atoms with Gasteiger partial charge in [0.05, 0.1) is 20.4 Å². The quantitative estimate of drug-likeness (QED) is 0.550. The molecule has 0 bridgehead atoms. The Bertz CT molecular complexity index is 822. The van der Waals surface area contributed by atoms with Crippen LogP contribution in [-0.4, -0.2) is 32.2 Å². The number of carbonyl (C=O) groups excluding carboxylic acids is 2. The first-order chi connectivity index (χ1) is 13.0. The van der Waals surface area contributed by atoms with Gasteiger partial charge in [0.1, 0.15) is 5.82 Å². The first-order valence-electron chi connectivity index (χ1n) is 8.11. The third kappa shape index (κ3) is 6.43. The summed E-state index contributed by atoms with van der Waals surface area (Å²) in [6, 6.07) is 10.6. The first kappa shape index (κ1) is 19.9. The Morgan fingerprint density at radius 2 is 1.67 bits per heavy atom. The average molecular weight is 373 g/mol. The topological polar surface area (TPSA) is 89.0 Å². The van der Waals surface area contributed by atoms with Gasteiger partial charge in [-0.3, -0.25) is 9.59 Å². The monoisotopic (exact) mass is 373 g/mol. The molecule has 0 fully saturated rings. The summed E-state index contributed by atoms with van der Waals surface area (Å²) in [7, 11) is 3.07. The Kier molecular flexibility index (Phi) is 7.30. The highest BCUT2D eigenvalue weighted by atomic mass is 19.1. The zero-order chi connectivity index (χ0) is 19.6. The molecule has 0 aliphatic carbocycles. The Hall–Kier alpha value is -3.42. The van der Waals surface area contributed by atoms with Crippen LogP contribution in [0.2, 0.25) is 0 Å². The van der Waals surface area contributed by atoms with E-state index < -0.39 is 5.91 Å². The minimum absolute atomic E-state index is 0.0188. The van der Waals surface area contributed by atoms with Crippen LogP contribution in [-0.2, 0) is 9.59 Å². The van der Waals surface area contributed by atoms with Gasteiger partial charge in [-0.1, -0.05) is 0 Å². The van der Waals surface area contributed by atoms with Gasteiger partial charge in [0.25, 0.3) is 0 Å². The number of nitrogens with one attached hydrogen (secondary N) is 2. The van der Waals surface area contributed by atoms with E-state index in [2.05, 4.69) is 15.8 Å². The van der Waals surface area contributed by atoms with Crippen molar-refractivity contribution in [3.8, 4) is 11.5 Å². The SMILES string of the molecule is COc1ccc(/C=N/NC(=O)CCC(=O)Nc2ccc(F)cc2)cc1OC. The van der Waals surface area contributed by atoms with E-state index in [-0.39, 0.29) is 24.6 Å². The minimum Gasteiger partial charge on any atom is -0.493 e. The van der Waals surface area contributed by atoms with E-state index in [1.165, 1.54) is 44.7 Å². The average Bonchev–Trinajstić information content (AvgIpc) is 2.68. The molecule has 2 aromatic rings. The zero-order valence-corrected chi connectivity index (χ0v) is 15.0. The third-order valence-corrected chi connectivity index (χ3v) is 3.52. The smallest absolute Gasteiger partial charge is 0.240 e. The maximum Gasteiger partial charge on any atom is 0.240 e. The number of nitrogens with zero attached hydrogens (tertiary/aromatic N) is 1. The lowest BCUT2D eigenvalue weighted by Gasteiger charge is -2.07. The second-order valence-electron chi connectivity index (χ2n) is 5.46. The molecule has 0 radical (unpaired) electrons. The lowest BCUT2D eigenvalue weighted by atomic mass is 10.2. The molecule has 0 spiro atoms. The van der Waals surface area contributed by atoms with Gasteiger partial charge in [-0.2, -0.15) is 5.10 Å². The molecule has 8 heteroatoms. The predicted octanol–water partition coefficient (Wildman–Crippen LogP) is 2.71. The molecule has 27 heavy (non-hydrogen) atoms. The van der Waals surface area contributed by atoms with E-state index in [0.717, 1.165) is 0 Å². The van der Waals surface area contributed by atoms with E-state index >= 15 is 0 Å². The summed E-state index contributed by atoms with van der Waals surface area (Å²) in [5.41, 5.74) is 3.53. The molecule has 0 aliphatic heterocycles. The van der Waals surface area contributed by atoms with E-state index in [1.54, 1.807) is 18.2 Å². The molecule has 0 aliphatic rings. The van der Waals surface area contributed by atoms with Gasteiger partial charge in [-0.05, 0) is 48.0 Å². The number of anilines is 1. The van der Waals surface area contributed by atoms with Gasteiger partial charge in [0.2, 0.25) is 11.8 Å². The summed E-state index contributed by atoms with van der Waals surface area (Å²) < 4.78 is 23.1. The number of hydrogen-bond acceptors (Lipinski definition) is 5. The Balaban J connectivity index is 1.77. The van der Waals surface area contributed by atoms with Crippen LogP contribution < -0.4 is 20.2 Å². The van der Waals surface area contributed by atoms with Crippen molar-refractivity contribution in [1.29, 1.82) is 0 Å². The number of ether oxygens (including phenoxy) is 2. The van der Waals surface area contributed by atoms with Crippen molar-refractivity contribution in [2.75, 3.05) is 19.5 Å². The largest absolute Gasteiger partial charge is 0.493 e. The van der Waals surface area contributed by atoms with Crippen molar-refractivity contribution in [2.45, 2.75) is 12.8 Å².